The molecule has 2 aromatic carbocycles. The molecule has 5 heteroatoms. The fourth-order valence-electron chi connectivity index (χ4n) is 1.88. The van der Waals surface area contributed by atoms with Crippen LogP contribution in [0.25, 0.3) is 0 Å². The molecule has 4 nitrogen and oxygen atoms in total. The first kappa shape index (κ1) is 15.9. The summed E-state index contributed by atoms with van der Waals surface area (Å²) in [7, 11) is 0. The quantitative estimate of drug-likeness (QED) is 0.930. The number of nitrogens with one attached hydrogen (secondary N) is 1. The summed E-state index contributed by atoms with van der Waals surface area (Å²) in [5.74, 6) is 0.0774. The van der Waals surface area contributed by atoms with Gasteiger partial charge in [0.2, 0.25) is 0 Å². The number of carbonyl (C=O) groups excluding carboxylic acids is 1. The lowest BCUT2D eigenvalue weighted by Crippen LogP contribution is -2.30. The molecular formula is C17H15ClN2O2. The molecule has 112 valence electrons. The maximum atomic E-state index is 12.2. The lowest BCUT2D eigenvalue weighted by Gasteiger charge is -2.16. The molecule has 0 aromatic heterocycles. The van der Waals surface area contributed by atoms with Gasteiger partial charge in [0, 0.05) is 10.7 Å². The standard InChI is InChI=1S/C17H15ClN2O2/c1-11-14(18)7-5-8-15(11)20-17(21)12(2)22-16-9-4-3-6-13(16)10-19/h3-9,12H,1-2H3,(H,20,21). The molecule has 0 aliphatic rings. The van der Waals surface area contributed by atoms with E-state index in [4.69, 9.17) is 21.6 Å². The summed E-state index contributed by atoms with van der Waals surface area (Å²) in [5, 5.41) is 12.4. The van der Waals surface area contributed by atoms with Crippen molar-refractivity contribution in [1.29, 1.82) is 5.26 Å². The molecule has 1 amide bonds. The third-order valence-electron chi connectivity index (χ3n) is 3.21. The highest BCUT2D eigenvalue weighted by Gasteiger charge is 2.17. The Balaban J connectivity index is 2.10. The number of amides is 1. The van der Waals surface area contributed by atoms with Crippen LogP contribution in [-0.4, -0.2) is 12.0 Å². The Kier molecular flexibility index (Phi) is 5.03. The lowest BCUT2D eigenvalue weighted by molar-refractivity contribution is -0.122. The maximum absolute atomic E-state index is 12.2. The molecule has 1 unspecified atom stereocenters. The van der Waals surface area contributed by atoms with Gasteiger partial charge >= 0.3 is 0 Å². The minimum Gasteiger partial charge on any atom is -0.480 e. The van der Waals surface area contributed by atoms with E-state index in [0.29, 0.717) is 22.0 Å². The third-order valence-corrected chi connectivity index (χ3v) is 3.62. The van der Waals surface area contributed by atoms with Crippen molar-refractivity contribution >= 4 is 23.2 Å². The SMILES string of the molecule is Cc1c(Cl)cccc1NC(=O)C(C)Oc1ccccc1C#N. The molecule has 0 saturated carbocycles. The summed E-state index contributed by atoms with van der Waals surface area (Å²) >= 11 is 6.03. The van der Waals surface area contributed by atoms with Gasteiger partial charge in [0.1, 0.15) is 11.8 Å². The maximum Gasteiger partial charge on any atom is 0.265 e. The van der Waals surface area contributed by atoms with E-state index in [2.05, 4.69) is 5.32 Å². The summed E-state index contributed by atoms with van der Waals surface area (Å²) < 4.78 is 5.57. The number of nitrogens with zero attached hydrogens (tertiary/aromatic N) is 1. The minimum atomic E-state index is -0.743. The predicted octanol–water partition coefficient (Wildman–Crippen LogP) is 3.93. The van der Waals surface area contributed by atoms with E-state index in [1.165, 1.54) is 0 Å². The summed E-state index contributed by atoms with van der Waals surface area (Å²) in [4.78, 5) is 12.2. The number of para-hydroxylation sites is 1. The number of ether oxygens (including phenoxy) is 1. The highest BCUT2D eigenvalue weighted by molar-refractivity contribution is 6.31. The van der Waals surface area contributed by atoms with Gasteiger partial charge in [-0.25, -0.2) is 0 Å². The van der Waals surface area contributed by atoms with Crippen LogP contribution in [-0.2, 0) is 4.79 Å². The van der Waals surface area contributed by atoms with Crippen molar-refractivity contribution in [2.24, 2.45) is 0 Å². The van der Waals surface area contributed by atoms with Gasteiger partial charge in [-0.1, -0.05) is 29.8 Å². The number of carbonyl (C=O) groups is 1. The minimum absolute atomic E-state index is 0.307. The Morgan fingerprint density at radius 3 is 2.73 bits per heavy atom. The van der Waals surface area contributed by atoms with Crippen LogP contribution in [0.1, 0.15) is 18.1 Å². The van der Waals surface area contributed by atoms with Crippen molar-refractivity contribution in [2.75, 3.05) is 5.32 Å². The van der Waals surface area contributed by atoms with Crippen LogP contribution >= 0.6 is 11.6 Å². The Hall–Kier alpha value is -2.51. The second kappa shape index (κ2) is 6.97. The Morgan fingerprint density at radius 2 is 2.00 bits per heavy atom. The van der Waals surface area contributed by atoms with E-state index in [-0.39, 0.29) is 5.91 Å². The van der Waals surface area contributed by atoms with Crippen LogP contribution < -0.4 is 10.1 Å². The zero-order valence-corrected chi connectivity index (χ0v) is 13.0. The number of nitriles is 1. The Labute approximate surface area is 134 Å². The van der Waals surface area contributed by atoms with E-state index in [1.807, 2.05) is 13.0 Å². The number of rotatable bonds is 4. The van der Waals surface area contributed by atoms with Crippen LogP contribution in [0.4, 0.5) is 5.69 Å². The van der Waals surface area contributed by atoms with Gasteiger partial charge in [-0.2, -0.15) is 5.26 Å². The van der Waals surface area contributed by atoms with E-state index in [9.17, 15) is 4.79 Å². The molecule has 2 aromatic rings. The molecule has 0 fully saturated rings. The van der Waals surface area contributed by atoms with Crippen molar-refractivity contribution in [3.8, 4) is 11.8 Å². The average Bonchev–Trinajstić information content (AvgIpc) is 2.52. The molecule has 1 N–H and O–H groups in total. The van der Waals surface area contributed by atoms with Gasteiger partial charge in [0.25, 0.3) is 5.91 Å². The smallest absolute Gasteiger partial charge is 0.265 e. The van der Waals surface area contributed by atoms with E-state index < -0.39 is 6.10 Å². The molecule has 0 saturated heterocycles. The molecule has 0 heterocycles. The van der Waals surface area contributed by atoms with Crippen molar-refractivity contribution in [1.82, 2.24) is 0 Å². The summed E-state index contributed by atoms with van der Waals surface area (Å²) in [6, 6.07) is 14.1. The van der Waals surface area contributed by atoms with Crippen LogP contribution in [0, 0.1) is 18.3 Å². The molecular weight excluding hydrogens is 300 g/mol. The summed E-state index contributed by atoms with van der Waals surface area (Å²) in [5.41, 5.74) is 1.82. The van der Waals surface area contributed by atoms with Gasteiger partial charge in [0.05, 0.1) is 5.56 Å². The number of hydrogen-bond acceptors (Lipinski definition) is 3. The van der Waals surface area contributed by atoms with Crippen LogP contribution in [0.5, 0.6) is 5.75 Å². The average molecular weight is 315 g/mol. The first-order valence-electron chi connectivity index (χ1n) is 6.74. The topological polar surface area (TPSA) is 62.1 Å². The number of anilines is 1. The van der Waals surface area contributed by atoms with Crippen LogP contribution in [0.2, 0.25) is 5.02 Å². The third kappa shape index (κ3) is 3.57. The number of hydrogen-bond donors (Lipinski definition) is 1. The molecule has 0 aliphatic carbocycles. The second-order valence-electron chi connectivity index (χ2n) is 4.77. The molecule has 0 spiro atoms. The highest BCUT2D eigenvalue weighted by atomic mass is 35.5. The Bertz CT molecular complexity index is 738. The second-order valence-corrected chi connectivity index (χ2v) is 5.18. The molecule has 0 radical (unpaired) electrons. The van der Waals surface area contributed by atoms with E-state index in [0.717, 1.165) is 5.56 Å². The predicted molar refractivity (Wildman–Crippen MR) is 86.1 cm³/mol. The van der Waals surface area contributed by atoms with Gasteiger partial charge < -0.3 is 10.1 Å². The lowest BCUT2D eigenvalue weighted by atomic mass is 10.2. The molecule has 0 aliphatic heterocycles. The van der Waals surface area contributed by atoms with Gasteiger partial charge in [-0.3, -0.25) is 4.79 Å². The zero-order valence-electron chi connectivity index (χ0n) is 12.3. The van der Waals surface area contributed by atoms with Crippen molar-refractivity contribution in [2.45, 2.75) is 20.0 Å². The molecule has 2 rings (SSSR count). The molecule has 22 heavy (non-hydrogen) atoms. The molecule has 1 atom stereocenters. The van der Waals surface area contributed by atoms with Gasteiger partial charge in [-0.15, -0.1) is 0 Å². The van der Waals surface area contributed by atoms with E-state index >= 15 is 0 Å². The van der Waals surface area contributed by atoms with Crippen LogP contribution in [0.3, 0.4) is 0 Å². The van der Waals surface area contributed by atoms with Gasteiger partial charge in [0.15, 0.2) is 6.10 Å². The number of halogens is 1. The zero-order chi connectivity index (χ0) is 16.1. The van der Waals surface area contributed by atoms with Crippen molar-refractivity contribution in [3.63, 3.8) is 0 Å². The van der Waals surface area contributed by atoms with Crippen molar-refractivity contribution < 1.29 is 9.53 Å². The summed E-state index contributed by atoms with van der Waals surface area (Å²) in [6.07, 6.45) is -0.743. The largest absolute Gasteiger partial charge is 0.480 e. The van der Waals surface area contributed by atoms with Crippen LogP contribution in [0.15, 0.2) is 42.5 Å². The fourth-order valence-corrected chi connectivity index (χ4v) is 2.06. The highest BCUT2D eigenvalue weighted by Crippen LogP contribution is 2.23. The number of benzene rings is 2. The van der Waals surface area contributed by atoms with Gasteiger partial charge in [-0.05, 0) is 43.7 Å². The fraction of sp³-hybridized carbons (Fsp3) is 0.176. The summed E-state index contributed by atoms with van der Waals surface area (Å²) in [6.45, 7) is 3.46. The normalized spacial score (nSPS) is 11.4. The molecule has 0 bridgehead atoms. The first-order valence-corrected chi connectivity index (χ1v) is 7.12. The van der Waals surface area contributed by atoms with Crippen molar-refractivity contribution in [3.05, 3.63) is 58.6 Å². The Morgan fingerprint density at radius 1 is 1.27 bits per heavy atom. The first-order chi connectivity index (χ1) is 10.5. The monoisotopic (exact) mass is 314 g/mol. The van der Waals surface area contributed by atoms with E-state index in [1.54, 1.807) is 49.4 Å².